The van der Waals surface area contributed by atoms with Crippen LogP contribution < -0.4 is 0 Å². The number of ether oxygens (including phenoxy) is 1. The Kier molecular flexibility index (Phi) is 4.17. The molecule has 0 aliphatic carbocycles. The monoisotopic (exact) mass is 321 g/mol. The maximum absolute atomic E-state index is 12.7. The summed E-state index contributed by atoms with van der Waals surface area (Å²) < 4.78 is 34.2. The average Bonchev–Trinajstić information content (AvgIpc) is 2.68. The first-order chi connectivity index (χ1) is 9.15. The number of aryl methyl sites for hydroxylation is 2. The number of rotatable bonds is 3. The van der Waals surface area contributed by atoms with Crippen molar-refractivity contribution in [3.63, 3.8) is 0 Å². The summed E-state index contributed by atoms with van der Waals surface area (Å²) >= 11 is 5.83. The molecule has 2 heterocycles. The Bertz CT molecular complexity index is 578. The van der Waals surface area contributed by atoms with Crippen LogP contribution in [0.25, 0.3) is 0 Å². The molecule has 1 aromatic rings. The van der Waals surface area contributed by atoms with Crippen LogP contribution in [0.3, 0.4) is 0 Å². The van der Waals surface area contributed by atoms with E-state index in [1.54, 1.807) is 18.5 Å². The number of aromatic nitrogens is 2. The van der Waals surface area contributed by atoms with Gasteiger partial charge in [0.05, 0.1) is 11.7 Å². The second-order valence-electron chi connectivity index (χ2n) is 5.69. The fourth-order valence-corrected chi connectivity index (χ4v) is 4.10. The number of imidazole rings is 1. The van der Waals surface area contributed by atoms with Gasteiger partial charge in [0.15, 0.2) is 5.03 Å². The topological polar surface area (TPSA) is 64.4 Å². The van der Waals surface area contributed by atoms with Gasteiger partial charge >= 0.3 is 0 Å². The van der Waals surface area contributed by atoms with Crippen molar-refractivity contribution in [2.75, 3.05) is 19.0 Å². The molecule has 1 aliphatic heterocycles. The number of alkyl halides is 1. The lowest BCUT2D eigenvalue weighted by atomic mass is 10.1. The number of nitrogens with zero attached hydrogens (tertiary/aromatic N) is 3. The Hall–Kier alpha value is -0.630. The first-order valence-electron chi connectivity index (χ1n) is 6.39. The summed E-state index contributed by atoms with van der Waals surface area (Å²) in [7, 11) is -1.84. The summed E-state index contributed by atoms with van der Waals surface area (Å²) in [6, 6.07) is 0. The van der Waals surface area contributed by atoms with E-state index in [1.807, 2.05) is 13.8 Å². The van der Waals surface area contributed by atoms with E-state index in [0.29, 0.717) is 12.4 Å². The third-order valence-electron chi connectivity index (χ3n) is 3.31. The summed E-state index contributed by atoms with van der Waals surface area (Å²) in [6.07, 6.45) is 1.23. The molecule has 114 valence electrons. The van der Waals surface area contributed by atoms with E-state index in [-0.39, 0.29) is 23.6 Å². The predicted octanol–water partition coefficient (Wildman–Crippen LogP) is 1.14. The zero-order chi connectivity index (χ0) is 15.1. The van der Waals surface area contributed by atoms with Crippen molar-refractivity contribution >= 4 is 21.6 Å². The lowest BCUT2D eigenvalue weighted by molar-refractivity contribution is -0.107. The Balaban J connectivity index is 2.33. The van der Waals surface area contributed by atoms with Crippen LogP contribution in [0, 0.1) is 6.92 Å². The lowest BCUT2D eigenvalue weighted by Crippen LogP contribution is -2.55. The minimum atomic E-state index is -3.62. The zero-order valence-electron chi connectivity index (χ0n) is 12.1. The number of halogens is 1. The summed E-state index contributed by atoms with van der Waals surface area (Å²) in [6.45, 7) is 6.03. The summed E-state index contributed by atoms with van der Waals surface area (Å²) in [5.41, 5.74) is -0.561. The average molecular weight is 322 g/mol. The van der Waals surface area contributed by atoms with Crippen LogP contribution in [0.1, 0.15) is 19.7 Å². The lowest BCUT2D eigenvalue weighted by Gasteiger charge is -2.41. The van der Waals surface area contributed by atoms with Crippen molar-refractivity contribution in [3.05, 3.63) is 12.0 Å². The van der Waals surface area contributed by atoms with E-state index in [0.717, 1.165) is 0 Å². The van der Waals surface area contributed by atoms with Crippen molar-refractivity contribution < 1.29 is 13.2 Å². The Labute approximate surface area is 124 Å². The van der Waals surface area contributed by atoms with Crippen LogP contribution in [0.5, 0.6) is 0 Å². The second kappa shape index (κ2) is 5.29. The summed E-state index contributed by atoms with van der Waals surface area (Å²) in [4.78, 5) is 4.12. The second-order valence-corrected chi connectivity index (χ2v) is 7.88. The highest BCUT2D eigenvalue weighted by molar-refractivity contribution is 7.89. The molecule has 1 atom stereocenters. The molecular weight excluding hydrogens is 302 g/mol. The van der Waals surface area contributed by atoms with Crippen molar-refractivity contribution in [2.24, 2.45) is 7.05 Å². The van der Waals surface area contributed by atoms with Gasteiger partial charge in [-0.1, -0.05) is 0 Å². The van der Waals surface area contributed by atoms with Crippen LogP contribution in [0.15, 0.2) is 11.2 Å². The first kappa shape index (κ1) is 15.8. The Morgan fingerprint density at radius 2 is 2.20 bits per heavy atom. The SMILES string of the molecule is Cc1nc(S(=O)(=O)N2CC(CCl)OC(C)(C)C2)cn1C. The molecule has 1 aromatic heterocycles. The normalized spacial score (nSPS) is 23.9. The maximum atomic E-state index is 12.7. The molecule has 1 saturated heterocycles. The van der Waals surface area contributed by atoms with E-state index in [1.165, 1.54) is 10.5 Å². The molecule has 6 nitrogen and oxygen atoms in total. The van der Waals surface area contributed by atoms with Crippen molar-refractivity contribution in [1.29, 1.82) is 0 Å². The van der Waals surface area contributed by atoms with Crippen molar-refractivity contribution in [2.45, 2.75) is 37.5 Å². The first-order valence-corrected chi connectivity index (χ1v) is 8.37. The van der Waals surface area contributed by atoms with Gasteiger partial charge in [-0.25, -0.2) is 13.4 Å². The predicted molar refractivity (Wildman–Crippen MR) is 76.4 cm³/mol. The van der Waals surface area contributed by atoms with Gasteiger partial charge in [-0.3, -0.25) is 0 Å². The van der Waals surface area contributed by atoms with Crippen molar-refractivity contribution in [3.8, 4) is 0 Å². The van der Waals surface area contributed by atoms with E-state index in [4.69, 9.17) is 16.3 Å². The van der Waals surface area contributed by atoms with Crippen molar-refractivity contribution in [1.82, 2.24) is 13.9 Å². The molecule has 0 bridgehead atoms. The fraction of sp³-hybridized carbons (Fsp3) is 0.750. The van der Waals surface area contributed by atoms with E-state index in [9.17, 15) is 8.42 Å². The van der Waals surface area contributed by atoms with Gasteiger partial charge in [0, 0.05) is 32.2 Å². The minimum absolute atomic E-state index is 0.0727. The minimum Gasteiger partial charge on any atom is -0.368 e. The number of hydrogen-bond acceptors (Lipinski definition) is 4. The van der Waals surface area contributed by atoms with Gasteiger partial charge in [0.25, 0.3) is 10.0 Å². The van der Waals surface area contributed by atoms with E-state index in [2.05, 4.69) is 4.98 Å². The van der Waals surface area contributed by atoms with Gasteiger partial charge in [-0.2, -0.15) is 4.31 Å². The molecule has 1 unspecified atom stereocenters. The molecule has 0 spiro atoms. The van der Waals surface area contributed by atoms with Crippen LogP contribution in [-0.2, 0) is 21.8 Å². The van der Waals surface area contributed by atoms with Gasteiger partial charge in [-0.15, -0.1) is 11.6 Å². The molecule has 0 amide bonds. The third kappa shape index (κ3) is 3.00. The Morgan fingerprint density at radius 1 is 1.55 bits per heavy atom. The van der Waals surface area contributed by atoms with E-state index >= 15 is 0 Å². The van der Waals surface area contributed by atoms with E-state index < -0.39 is 15.6 Å². The van der Waals surface area contributed by atoms with Crippen LogP contribution in [0.2, 0.25) is 0 Å². The highest BCUT2D eigenvalue weighted by Gasteiger charge is 2.40. The van der Waals surface area contributed by atoms with Gasteiger partial charge in [0.1, 0.15) is 5.82 Å². The quantitative estimate of drug-likeness (QED) is 0.783. The largest absolute Gasteiger partial charge is 0.368 e. The van der Waals surface area contributed by atoms with Gasteiger partial charge < -0.3 is 9.30 Å². The summed E-state index contributed by atoms with van der Waals surface area (Å²) in [5.74, 6) is 0.918. The number of hydrogen-bond donors (Lipinski definition) is 0. The highest BCUT2D eigenvalue weighted by Crippen LogP contribution is 2.26. The molecule has 1 fully saturated rings. The smallest absolute Gasteiger partial charge is 0.262 e. The molecular formula is C12H20ClN3O3S. The number of morpholine rings is 1. The molecule has 0 saturated carbocycles. The Morgan fingerprint density at radius 3 is 2.70 bits per heavy atom. The summed E-state index contributed by atoms with van der Waals surface area (Å²) in [5, 5.41) is 0.0727. The molecule has 1 aliphatic rings. The molecule has 2 rings (SSSR count). The van der Waals surface area contributed by atoms with Crippen LogP contribution in [-0.4, -0.2) is 52.9 Å². The van der Waals surface area contributed by atoms with Crippen LogP contribution >= 0.6 is 11.6 Å². The number of sulfonamides is 1. The molecule has 8 heteroatoms. The highest BCUT2D eigenvalue weighted by atomic mass is 35.5. The molecule has 0 N–H and O–H groups in total. The van der Waals surface area contributed by atoms with Gasteiger partial charge in [0.2, 0.25) is 0 Å². The molecule has 0 radical (unpaired) electrons. The molecule has 0 aromatic carbocycles. The standard InChI is InChI=1S/C12H20ClN3O3S/c1-9-14-11(7-15(9)4)20(17,18)16-6-10(5-13)19-12(2,3)8-16/h7,10H,5-6,8H2,1-4H3. The maximum Gasteiger partial charge on any atom is 0.262 e. The third-order valence-corrected chi connectivity index (χ3v) is 5.34. The fourth-order valence-electron chi connectivity index (χ4n) is 2.29. The molecule has 20 heavy (non-hydrogen) atoms. The van der Waals surface area contributed by atoms with Gasteiger partial charge in [-0.05, 0) is 20.8 Å². The zero-order valence-corrected chi connectivity index (χ0v) is 13.7. The van der Waals surface area contributed by atoms with Crippen LogP contribution in [0.4, 0.5) is 0 Å².